The van der Waals surface area contributed by atoms with Crippen molar-refractivity contribution in [3.05, 3.63) is 0 Å². The van der Waals surface area contributed by atoms with Crippen molar-refractivity contribution >= 4 is 11.4 Å². The second-order valence-corrected chi connectivity index (χ2v) is 1.99. The lowest BCUT2D eigenvalue weighted by molar-refractivity contribution is 0.973. The highest BCUT2D eigenvalue weighted by molar-refractivity contribution is 6.43. The van der Waals surface area contributed by atoms with Crippen LogP contribution in [0.25, 0.3) is 0 Å². The number of hydrogen-bond acceptors (Lipinski definition) is 3. The van der Waals surface area contributed by atoms with Crippen molar-refractivity contribution in [3.63, 3.8) is 0 Å². The van der Waals surface area contributed by atoms with E-state index in [2.05, 4.69) is 4.99 Å². The van der Waals surface area contributed by atoms with Gasteiger partial charge in [0.25, 0.3) is 0 Å². The Morgan fingerprint density at radius 2 is 2.33 bits per heavy atom. The van der Waals surface area contributed by atoms with Crippen molar-refractivity contribution in [2.24, 2.45) is 4.99 Å². The van der Waals surface area contributed by atoms with Gasteiger partial charge in [-0.1, -0.05) is 0 Å². The molecule has 0 spiro atoms. The van der Waals surface area contributed by atoms with Crippen LogP contribution in [0.15, 0.2) is 4.99 Å². The number of nitrogens with zero attached hydrogens (tertiary/aromatic N) is 2. The molecule has 1 rings (SSSR count). The van der Waals surface area contributed by atoms with Crippen molar-refractivity contribution in [2.45, 2.75) is 19.3 Å². The molecule has 9 heavy (non-hydrogen) atoms. The van der Waals surface area contributed by atoms with Crippen LogP contribution in [0.5, 0.6) is 0 Å². The molecule has 0 aromatic carbocycles. The summed E-state index contributed by atoms with van der Waals surface area (Å²) in [6.45, 7) is 0. The molecule has 0 atom stereocenters. The fourth-order valence-electron chi connectivity index (χ4n) is 0.912. The average molecular weight is 121 g/mol. The molecular weight excluding hydrogens is 114 g/mol. The fraction of sp³-hybridized carbons (Fsp3) is 0.500. The van der Waals surface area contributed by atoms with Gasteiger partial charge in [-0.2, -0.15) is 10.3 Å². The van der Waals surface area contributed by atoms with Gasteiger partial charge >= 0.3 is 0 Å². The van der Waals surface area contributed by atoms with Gasteiger partial charge in [0, 0.05) is 0 Å². The van der Waals surface area contributed by atoms with Crippen molar-refractivity contribution in [2.75, 3.05) is 0 Å². The van der Waals surface area contributed by atoms with Gasteiger partial charge in [0.15, 0.2) is 0 Å². The minimum Gasteiger partial charge on any atom is -0.303 e. The van der Waals surface area contributed by atoms with E-state index in [9.17, 15) is 0 Å². The predicted octanol–water partition coefficient (Wildman–Crippen LogP) is 1.11. The van der Waals surface area contributed by atoms with E-state index in [0.29, 0.717) is 11.4 Å². The smallest absolute Gasteiger partial charge is 0.205 e. The largest absolute Gasteiger partial charge is 0.303 e. The highest BCUT2D eigenvalue weighted by Gasteiger charge is 2.13. The number of rotatable bonds is 0. The van der Waals surface area contributed by atoms with Crippen molar-refractivity contribution in [3.8, 4) is 6.19 Å². The highest BCUT2D eigenvalue weighted by Crippen LogP contribution is 2.10. The van der Waals surface area contributed by atoms with Crippen LogP contribution in [0.2, 0.25) is 0 Å². The molecule has 0 aromatic rings. The zero-order chi connectivity index (χ0) is 6.69. The third kappa shape index (κ3) is 1.14. The summed E-state index contributed by atoms with van der Waals surface area (Å²) in [7, 11) is 0. The molecule has 3 heteroatoms. The van der Waals surface area contributed by atoms with Crippen LogP contribution < -0.4 is 0 Å². The van der Waals surface area contributed by atoms with Gasteiger partial charge in [0.2, 0.25) is 6.19 Å². The maximum Gasteiger partial charge on any atom is 0.205 e. The molecule has 0 bridgehead atoms. The topological polar surface area (TPSA) is 60.0 Å². The van der Waals surface area contributed by atoms with Gasteiger partial charge < -0.3 is 5.41 Å². The summed E-state index contributed by atoms with van der Waals surface area (Å²) in [5, 5.41) is 15.3. The Balaban J connectivity index is 2.73. The van der Waals surface area contributed by atoms with Gasteiger partial charge in [0.05, 0.1) is 11.4 Å². The molecule has 0 heterocycles. The number of nitriles is 1. The fourth-order valence-corrected chi connectivity index (χ4v) is 0.912. The van der Waals surface area contributed by atoms with E-state index in [1.54, 1.807) is 6.19 Å². The van der Waals surface area contributed by atoms with Crippen LogP contribution in [-0.2, 0) is 0 Å². The minimum atomic E-state index is 0.538. The SMILES string of the molecule is N#CN=C1CCCC1=N. The Bertz CT molecular complexity index is 197. The zero-order valence-corrected chi connectivity index (χ0v) is 5.02. The van der Waals surface area contributed by atoms with Crippen LogP contribution in [0.1, 0.15) is 19.3 Å². The van der Waals surface area contributed by atoms with E-state index in [1.165, 1.54) is 0 Å². The average Bonchev–Trinajstić information content (AvgIpc) is 2.18. The van der Waals surface area contributed by atoms with E-state index in [-0.39, 0.29) is 0 Å². The maximum absolute atomic E-state index is 8.11. The Hall–Kier alpha value is -1.17. The number of aliphatic imine (C=N–C) groups is 1. The van der Waals surface area contributed by atoms with Gasteiger partial charge in [-0.25, -0.2) is 0 Å². The van der Waals surface area contributed by atoms with E-state index in [0.717, 1.165) is 19.3 Å². The molecule has 3 nitrogen and oxygen atoms in total. The predicted molar refractivity (Wildman–Crippen MR) is 34.6 cm³/mol. The summed E-state index contributed by atoms with van der Waals surface area (Å²) in [5.41, 5.74) is 1.22. The van der Waals surface area contributed by atoms with E-state index >= 15 is 0 Å². The summed E-state index contributed by atoms with van der Waals surface area (Å²) in [4.78, 5) is 3.50. The molecule has 0 saturated heterocycles. The highest BCUT2D eigenvalue weighted by atomic mass is 14.8. The second-order valence-electron chi connectivity index (χ2n) is 1.99. The molecule has 0 amide bonds. The number of hydrogen-bond donors (Lipinski definition) is 1. The molecule has 1 aliphatic carbocycles. The van der Waals surface area contributed by atoms with Crippen LogP contribution in [0, 0.1) is 16.9 Å². The van der Waals surface area contributed by atoms with Crippen molar-refractivity contribution < 1.29 is 0 Å². The molecule has 46 valence electrons. The quantitative estimate of drug-likeness (QED) is 0.479. The first-order valence-corrected chi connectivity index (χ1v) is 2.88. The van der Waals surface area contributed by atoms with Crippen LogP contribution in [-0.4, -0.2) is 11.4 Å². The third-order valence-electron chi connectivity index (χ3n) is 1.37. The van der Waals surface area contributed by atoms with Gasteiger partial charge in [-0.3, -0.25) is 0 Å². The van der Waals surface area contributed by atoms with E-state index < -0.39 is 0 Å². The Labute approximate surface area is 53.5 Å². The van der Waals surface area contributed by atoms with E-state index in [4.69, 9.17) is 10.7 Å². The van der Waals surface area contributed by atoms with Gasteiger partial charge in [-0.15, -0.1) is 0 Å². The summed E-state index contributed by atoms with van der Waals surface area (Å²) < 4.78 is 0. The monoisotopic (exact) mass is 121 g/mol. The lowest BCUT2D eigenvalue weighted by Crippen LogP contribution is -2.01. The van der Waals surface area contributed by atoms with Crippen molar-refractivity contribution in [1.82, 2.24) is 0 Å². The van der Waals surface area contributed by atoms with E-state index in [1.807, 2.05) is 0 Å². The first-order valence-electron chi connectivity index (χ1n) is 2.88. The standard InChI is InChI=1S/C6H7N3/c7-4-9-6-3-1-2-5(6)8/h8H,1-3H2. The summed E-state index contributed by atoms with van der Waals surface area (Å²) >= 11 is 0. The van der Waals surface area contributed by atoms with Gasteiger partial charge in [0.1, 0.15) is 0 Å². The first-order chi connectivity index (χ1) is 4.34. The molecule has 1 N–H and O–H groups in total. The lowest BCUT2D eigenvalue weighted by Gasteiger charge is -1.86. The Morgan fingerprint density at radius 3 is 2.78 bits per heavy atom. The van der Waals surface area contributed by atoms with Crippen molar-refractivity contribution in [1.29, 1.82) is 10.7 Å². The molecule has 0 unspecified atom stereocenters. The molecule has 1 fully saturated rings. The summed E-state index contributed by atoms with van der Waals surface area (Å²) in [6, 6.07) is 0. The Kier molecular flexibility index (Phi) is 1.59. The van der Waals surface area contributed by atoms with Gasteiger partial charge in [-0.05, 0) is 19.3 Å². The first kappa shape index (κ1) is 5.96. The van der Waals surface area contributed by atoms with Crippen LogP contribution in [0.3, 0.4) is 0 Å². The summed E-state index contributed by atoms with van der Waals surface area (Å²) in [6.07, 6.45) is 4.28. The maximum atomic E-state index is 8.11. The molecule has 1 aliphatic rings. The number of nitrogens with one attached hydrogen (secondary N) is 1. The normalized spacial score (nSPS) is 22.6. The van der Waals surface area contributed by atoms with Crippen LogP contribution >= 0.6 is 0 Å². The van der Waals surface area contributed by atoms with Crippen LogP contribution in [0.4, 0.5) is 0 Å². The molecule has 0 aromatic heterocycles. The summed E-state index contributed by atoms with van der Waals surface area (Å²) in [5.74, 6) is 0. The molecule has 1 saturated carbocycles. The second kappa shape index (κ2) is 2.40. The zero-order valence-electron chi connectivity index (χ0n) is 5.02. The molecule has 0 radical (unpaired) electrons. The lowest BCUT2D eigenvalue weighted by atomic mass is 10.3. The molecule has 0 aliphatic heterocycles. The molecular formula is C6H7N3. The Morgan fingerprint density at radius 1 is 1.56 bits per heavy atom. The minimum absolute atomic E-state index is 0.538. The third-order valence-corrected chi connectivity index (χ3v) is 1.37.